The van der Waals surface area contributed by atoms with Gasteiger partial charge in [-0.2, -0.15) is 0 Å². The summed E-state index contributed by atoms with van der Waals surface area (Å²) in [4.78, 5) is 0. The normalized spacial score (nSPS) is 13.8. The number of anilines is 1. The molecule has 20 heavy (non-hydrogen) atoms. The highest BCUT2D eigenvalue weighted by Crippen LogP contribution is 2.33. The van der Waals surface area contributed by atoms with Crippen LogP contribution in [-0.4, -0.2) is 11.7 Å². The Morgan fingerprint density at radius 2 is 1.85 bits per heavy atom. The highest BCUT2D eigenvalue weighted by Gasteiger charge is 2.28. The Morgan fingerprint density at radius 3 is 2.45 bits per heavy atom. The quantitative estimate of drug-likeness (QED) is 0.863. The summed E-state index contributed by atoms with van der Waals surface area (Å²) in [5, 5.41) is 14.3. The van der Waals surface area contributed by atoms with Crippen LogP contribution in [0.2, 0.25) is 10.0 Å². The van der Waals surface area contributed by atoms with Gasteiger partial charge in [-0.25, -0.2) is 0 Å². The number of halogens is 2. The lowest BCUT2D eigenvalue weighted by Gasteiger charge is -2.32. The molecule has 2 N–H and O–H groups in total. The Balaban J connectivity index is 2.41. The summed E-state index contributed by atoms with van der Waals surface area (Å²) in [6, 6.07) is 13.2. The van der Waals surface area contributed by atoms with E-state index < -0.39 is 5.54 Å². The summed E-state index contributed by atoms with van der Waals surface area (Å²) >= 11 is 12.2. The predicted molar refractivity (Wildman–Crippen MR) is 85.7 cm³/mol. The Kier molecular flexibility index (Phi) is 4.59. The van der Waals surface area contributed by atoms with Crippen LogP contribution in [0.15, 0.2) is 42.5 Å². The van der Waals surface area contributed by atoms with Gasteiger partial charge in [0.05, 0.1) is 12.1 Å². The van der Waals surface area contributed by atoms with Gasteiger partial charge in [0.1, 0.15) is 0 Å². The van der Waals surface area contributed by atoms with Crippen LogP contribution in [0.25, 0.3) is 0 Å². The molecule has 2 nitrogen and oxygen atoms in total. The fourth-order valence-electron chi connectivity index (χ4n) is 2.14. The SMILES string of the molecule is Cc1ccccc1NC(C)(CO)c1ccc(Cl)cc1Cl. The van der Waals surface area contributed by atoms with Crippen molar-refractivity contribution in [2.24, 2.45) is 0 Å². The first kappa shape index (κ1) is 15.2. The number of hydrogen-bond donors (Lipinski definition) is 2. The minimum atomic E-state index is -0.673. The summed E-state index contributed by atoms with van der Waals surface area (Å²) in [5.41, 5.74) is 2.22. The Hall–Kier alpha value is -1.22. The molecule has 1 unspecified atom stereocenters. The third kappa shape index (κ3) is 3.09. The molecule has 4 heteroatoms. The summed E-state index contributed by atoms with van der Waals surface area (Å²) in [6.45, 7) is 3.85. The van der Waals surface area contributed by atoms with Crippen LogP contribution in [0, 0.1) is 6.92 Å². The van der Waals surface area contributed by atoms with Crippen molar-refractivity contribution in [1.29, 1.82) is 0 Å². The van der Waals surface area contributed by atoms with Crippen LogP contribution in [0.4, 0.5) is 5.69 Å². The number of nitrogens with one attached hydrogen (secondary N) is 1. The fraction of sp³-hybridized carbons (Fsp3) is 0.250. The second kappa shape index (κ2) is 6.04. The second-order valence-corrected chi connectivity index (χ2v) is 5.90. The molecule has 2 aromatic carbocycles. The first-order chi connectivity index (χ1) is 9.46. The molecule has 0 radical (unpaired) electrons. The minimum absolute atomic E-state index is 0.0807. The maximum absolute atomic E-state index is 9.83. The Morgan fingerprint density at radius 1 is 1.15 bits per heavy atom. The molecule has 2 rings (SSSR count). The highest BCUT2D eigenvalue weighted by molar-refractivity contribution is 6.35. The number of rotatable bonds is 4. The smallest absolute Gasteiger partial charge is 0.0842 e. The van der Waals surface area contributed by atoms with E-state index in [4.69, 9.17) is 23.2 Å². The summed E-state index contributed by atoms with van der Waals surface area (Å²) in [6.07, 6.45) is 0. The van der Waals surface area contributed by atoms with Crippen molar-refractivity contribution in [3.05, 3.63) is 63.6 Å². The monoisotopic (exact) mass is 309 g/mol. The topological polar surface area (TPSA) is 32.3 Å². The Labute approximate surface area is 129 Å². The summed E-state index contributed by atoms with van der Waals surface area (Å²) < 4.78 is 0. The van der Waals surface area contributed by atoms with Crippen molar-refractivity contribution in [2.75, 3.05) is 11.9 Å². The van der Waals surface area contributed by atoms with E-state index >= 15 is 0 Å². The van der Waals surface area contributed by atoms with E-state index in [2.05, 4.69) is 5.32 Å². The lowest BCUT2D eigenvalue weighted by atomic mass is 9.92. The number of aliphatic hydroxyl groups excluding tert-OH is 1. The van der Waals surface area contributed by atoms with Crippen molar-refractivity contribution in [2.45, 2.75) is 19.4 Å². The van der Waals surface area contributed by atoms with E-state index in [1.807, 2.05) is 44.2 Å². The average molecular weight is 310 g/mol. The van der Waals surface area contributed by atoms with Crippen molar-refractivity contribution in [3.8, 4) is 0 Å². The molecular weight excluding hydrogens is 293 g/mol. The largest absolute Gasteiger partial charge is 0.394 e. The predicted octanol–water partition coefficient (Wildman–Crippen LogP) is 4.62. The number of hydrogen-bond acceptors (Lipinski definition) is 2. The maximum atomic E-state index is 9.83. The van der Waals surface area contributed by atoms with Gasteiger partial charge in [-0.1, -0.05) is 47.5 Å². The van der Waals surface area contributed by atoms with Gasteiger partial charge in [0.2, 0.25) is 0 Å². The number of aryl methyl sites for hydroxylation is 1. The van der Waals surface area contributed by atoms with Crippen molar-refractivity contribution < 1.29 is 5.11 Å². The van der Waals surface area contributed by atoms with Gasteiger partial charge in [-0.3, -0.25) is 0 Å². The molecular formula is C16H17Cl2NO. The van der Waals surface area contributed by atoms with Crippen LogP contribution in [0.1, 0.15) is 18.1 Å². The first-order valence-electron chi connectivity index (χ1n) is 6.36. The van der Waals surface area contributed by atoms with Crippen LogP contribution >= 0.6 is 23.2 Å². The second-order valence-electron chi connectivity index (χ2n) is 5.05. The lowest BCUT2D eigenvalue weighted by molar-refractivity contribution is 0.224. The van der Waals surface area contributed by atoms with Gasteiger partial charge >= 0.3 is 0 Å². The van der Waals surface area contributed by atoms with E-state index in [1.165, 1.54) is 0 Å². The number of benzene rings is 2. The van der Waals surface area contributed by atoms with E-state index in [0.29, 0.717) is 10.0 Å². The Bertz CT molecular complexity index is 615. The van der Waals surface area contributed by atoms with E-state index in [0.717, 1.165) is 16.8 Å². The average Bonchev–Trinajstić information content (AvgIpc) is 2.41. The van der Waals surface area contributed by atoms with Gasteiger partial charge in [-0.15, -0.1) is 0 Å². The third-order valence-corrected chi connectivity index (χ3v) is 3.95. The lowest BCUT2D eigenvalue weighted by Crippen LogP contribution is -2.36. The molecule has 0 aliphatic heterocycles. The van der Waals surface area contributed by atoms with Crippen LogP contribution in [-0.2, 0) is 5.54 Å². The zero-order valence-corrected chi connectivity index (χ0v) is 13.0. The van der Waals surface area contributed by atoms with Crippen LogP contribution in [0.5, 0.6) is 0 Å². The van der Waals surface area contributed by atoms with Crippen LogP contribution in [0.3, 0.4) is 0 Å². The zero-order valence-electron chi connectivity index (χ0n) is 11.5. The molecule has 0 heterocycles. The number of para-hydroxylation sites is 1. The third-order valence-electron chi connectivity index (χ3n) is 3.40. The molecule has 0 fully saturated rings. The maximum Gasteiger partial charge on any atom is 0.0842 e. The van der Waals surface area contributed by atoms with E-state index in [1.54, 1.807) is 12.1 Å². The molecule has 0 amide bonds. The van der Waals surface area contributed by atoms with E-state index in [9.17, 15) is 5.11 Å². The highest BCUT2D eigenvalue weighted by atomic mass is 35.5. The molecule has 0 aliphatic rings. The van der Waals surface area contributed by atoms with Crippen LogP contribution < -0.4 is 5.32 Å². The van der Waals surface area contributed by atoms with Crippen molar-refractivity contribution >= 4 is 28.9 Å². The molecule has 0 spiro atoms. The first-order valence-corrected chi connectivity index (χ1v) is 7.12. The molecule has 0 saturated carbocycles. The van der Waals surface area contributed by atoms with Gasteiger partial charge in [-0.05, 0) is 43.2 Å². The molecule has 0 aliphatic carbocycles. The van der Waals surface area contributed by atoms with Crippen molar-refractivity contribution in [3.63, 3.8) is 0 Å². The zero-order chi connectivity index (χ0) is 14.8. The standard InChI is InChI=1S/C16H17Cl2NO/c1-11-5-3-4-6-15(11)19-16(2,10-20)13-8-7-12(17)9-14(13)18/h3-9,19-20H,10H2,1-2H3. The van der Waals surface area contributed by atoms with Crippen molar-refractivity contribution in [1.82, 2.24) is 0 Å². The van der Waals surface area contributed by atoms with E-state index in [-0.39, 0.29) is 6.61 Å². The summed E-state index contributed by atoms with van der Waals surface area (Å²) in [5.74, 6) is 0. The molecule has 0 aromatic heterocycles. The number of aliphatic hydroxyl groups is 1. The molecule has 106 valence electrons. The van der Waals surface area contributed by atoms with Gasteiger partial charge < -0.3 is 10.4 Å². The molecule has 1 atom stereocenters. The van der Waals surface area contributed by atoms with Gasteiger partial charge in [0.15, 0.2) is 0 Å². The van der Waals surface area contributed by atoms with Gasteiger partial charge in [0, 0.05) is 15.7 Å². The summed E-state index contributed by atoms with van der Waals surface area (Å²) in [7, 11) is 0. The van der Waals surface area contributed by atoms with Gasteiger partial charge in [0.25, 0.3) is 0 Å². The molecule has 2 aromatic rings. The molecule has 0 saturated heterocycles. The minimum Gasteiger partial charge on any atom is -0.394 e. The fourth-order valence-corrected chi connectivity index (χ4v) is 2.76. The molecule has 0 bridgehead atoms.